The van der Waals surface area contributed by atoms with Crippen molar-refractivity contribution in [2.45, 2.75) is 40.7 Å². The Morgan fingerprint density at radius 1 is 1.20 bits per heavy atom. The van der Waals surface area contributed by atoms with Gasteiger partial charge in [0.1, 0.15) is 0 Å². The normalized spacial score (nSPS) is 15.3. The average molecular weight is 275 g/mol. The lowest BCUT2D eigenvalue weighted by atomic mass is 10.2. The number of amides is 3. The van der Waals surface area contributed by atoms with E-state index in [1.807, 2.05) is 40.7 Å². The molecule has 0 bridgehead atoms. The SMILES string of the molecule is CC.CC.Cc1ncccc1C#CC1NC(=O)NC1=O. The fourth-order valence-electron chi connectivity index (χ4n) is 1.28. The van der Waals surface area contributed by atoms with Crippen LogP contribution in [0.25, 0.3) is 0 Å². The number of hydrogen-bond acceptors (Lipinski definition) is 3. The molecule has 0 saturated carbocycles. The summed E-state index contributed by atoms with van der Waals surface area (Å²) in [5.74, 6) is 5.09. The number of hydrogen-bond donors (Lipinski definition) is 2. The van der Waals surface area contributed by atoms with Crippen LogP contribution in [-0.2, 0) is 4.79 Å². The van der Waals surface area contributed by atoms with Crippen LogP contribution < -0.4 is 10.6 Å². The maximum atomic E-state index is 11.2. The summed E-state index contributed by atoms with van der Waals surface area (Å²) in [5.41, 5.74) is 1.54. The average Bonchev–Trinajstić information content (AvgIpc) is 2.80. The van der Waals surface area contributed by atoms with E-state index in [9.17, 15) is 9.59 Å². The van der Waals surface area contributed by atoms with Crippen LogP contribution in [-0.4, -0.2) is 23.0 Å². The number of rotatable bonds is 0. The molecule has 1 unspecified atom stereocenters. The van der Waals surface area contributed by atoms with Gasteiger partial charge in [-0.2, -0.15) is 0 Å². The molecule has 2 heterocycles. The molecule has 0 spiro atoms. The number of imide groups is 1. The summed E-state index contributed by atoms with van der Waals surface area (Å²) < 4.78 is 0. The third-order valence-electron chi connectivity index (χ3n) is 2.13. The molecule has 5 heteroatoms. The van der Waals surface area contributed by atoms with Crippen molar-refractivity contribution in [3.05, 3.63) is 29.6 Å². The molecule has 2 N–H and O–H groups in total. The molecule has 1 fully saturated rings. The van der Waals surface area contributed by atoms with Crippen LogP contribution in [0.1, 0.15) is 39.0 Å². The Kier molecular flexibility index (Phi) is 8.44. The molecule has 2 rings (SSSR count). The molecule has 0 aliphatic carbocycles. The number of carbonyl (C=O) groups is 2. The molecular formula is C15H21N3O2. The second kappa shape index (κ2) is 9.56. The summed E-state index contributed by atoms with van der Waals surface area (Å²) in [7, 11) is 0. The highest BCUT2D eigenvalue weighted by atomic mass is 16.2. The molecule has 5 nitrogen and oxygen atoms in total. The topological polar surface area (TPSA) is 71.1 Å². The lowest BCUT2D eigenvalue weighted by molar-refractivity contribution is -0.119. The van der Waals surface area contributed by atoms with E-state index < -0.39 is 18.0 Å². The first-order valence-electron chi connectivity index (χ1n) is 6.71. The number of pyridine rings is 1. The second-order valence-electron chi connectivity index (χ2n) is 3.30. The lowest BCUT2D eigenvalue weighted by Gasteiger charge is -1.96. The van der Waals surface area contributed by atoms with E-state index in [0.717, 1.165) is 11.3 Å². The number of nitrogens with one attached hydrogen (secondary N) is 2. The maximum absolute atomic E-state index is 11.2. The zero-order chi connectivity index (χ0) is 15.5. The van der Waals surface area contributed by atoms with Crippen LogP contribution in [0.15, 0.2) is 18.3 Å². The van der Waals surface area contributed by atoms with Crippen molar-refractivity contribution in [1.82, 2.24) is 15.6 Å². The quantitative estimate of drug-likeness (QED) is 0.562. The van der Waals surface area contributed by atoms with Gasteiger partial charge in [-0.15, -0.1) is 0 Å². The van der Waals surface area contributed by atoms with Gasteiger partial charge in [0.2, 0.25) is 0 Å². The molecular weight excluding hydrogens is 254 g/mol. The van der Waals surface area contributed by atoms with Gasteiger partial charge < -0.3 is 5.32 Å². The fraction of sp³-hybridized carbons (Fsp3) is 0.400. The van der Waals surface area contributed by atoms with Crippen molar-refractivity contribution in [1.29, 1.82) is 0 Å². The minimum atomic E-state index is -0.771. The fourth-order valence-corrected chi connectivity index (χ4v) is 1.28. The zero-order valence-electron chi connectivity index (χ0n) is 12.6. The molecule has 0 radical (unpaired) electrons. The smallest absolute Gasteiger partial charge is 0.316 e. The molecule has 1 aromatic heterocycles. The van der Waals surface area contributed by atoms with Gasteiger partial charge in [-0.1, -0.05) is 39.5 Å². The van der Waals surface area contributed by atoms with Gasteiger partial charge in [-0.05, 0) is 19.1 Å². The van der Waals surface area contributed by atoms with Crippen molar-refractivity contribution in [3.63, 3.8) is 0 Å². The lowest BCUT2D eigenvalue weighted by Crippen LogP contribution is -2.26. The molecule has 1 aromatic rings. The van der Waals surface area contributed by atoms with Gasteiger partial charge in [-0.25, -0.2) is 4.79 Å². The highest BCUT2D eigenvalue weighted by Gasteiger charge is 2.27. The standard InChI is InChI=1S/C11H9N3O2.2C2H6/c1-7-8(3-2-6-12-7)4-5-9-10(15)14-11(16)13-9;2*1-2/h2-3,6,9H,1H3,(H2,13,14,15,16);2*1-2H3. The van der Waals surface area contributed by atoms with E-state index in [2.05, 4.69) is 27.5 Å². The summed E-state index contributed by atoms with van der Waals surface area (Å²) in [5, 5.41) is 4.51. The van der Waals surface area contributed by atoms with E-state index in [1.54, 1.807) is 12.3 Å². The molecule has 1 aliphatic heterocycles. The van der Waals surface area contributed by atoms with E-state index in [4.69, 9.17) is 0 Å². The van der Waals surface area contributed by atoms with Crippen LogP contribution in [0.5, 0.6) is 0 Å². The Morgan fingerprint density at radius 2 is 1.85 bits per heavy atom. The number of aryl methyl sites for hydroxylation is 1. The van der Waals surface area contributed by atoms with Gasteiger partial charge in [0.25, 0.3) is 5.91 Å². The van der Waals surface area contributed by atoms with E-state index >= 15 is 0 Å². The second-order valence-corrected chi connectivity index (χ2v) is 3.30. The predicted octanol–water partition coefficient (Wildman–Crippen LogP) is 2.00. The Labute approximate surface area is 120 Å². The summed E-state index contributed by atoms with van der Waals surface area (Å²) in [6.45, 7) is 9.83. The third kappa shape index (κ3) is 5.11. The van der Waals surface area contributed by atoms with Crippen LogP contribution in [0.4, 0.5) is 4.79 Å². The van der Waals surface area contributed by atoms with Gasteiger partial charge in [0, 0.05) is 11.8 Å². The first-order chi connectivity index (χ1) is 9.66. The molecule has 108 valence electrons. The Hall–Kier alpha value is -2.35. The van der Waals surface area contributed by atoms with Crippen LogP contribution in [0.3, 0.4) is 0 Å². The summed E-state index contributed by atoms with van der Waals surface area (Å²) in [4.78, 5) is 26.1. The minimum absolute atomic E-state index is 0.418. The highest BCUT2D eigenvalue weighted by molar-refractivity contribution is 6.05. The molecule has 1 saturated heterocycles. The molecule has 20 heavy (non-hydrogen) atoms. The van der Waals surface area contributed by atoms with Crippen molar-refractivity contribution in [3.8, 4) is 11.8 Å². The van der Waals surface area contributed by atoms with Gasteiger partial charge in [0.05, 0.1) is 5.69 Å². The number of urea groups is 1. The van der Waals surface area contributed by atoms with Crippen molar-refractivity contribution < 1.29 is 9.59 Å². The minimum Gasteiger partial charge on any atom is -0.316 e. The first kappa shape index (κ1) is 17.6. The number of carbonyl (C=O) groups excluding carboxylic acids is 2. The van der Waals surface area contributed by atoms with Crippen molar-refractivity contribution >= 4 is 11.9 Å². The summed E-state index contributed by atoms with van der Waals surface area (Å²) in [6.07, 6.45) is 1.67. The van der Waals surface area contributed by atoms with E-state index in [-0.39, 0.29) is 0 Å². The van der Waals surface area contributed by atoms with Crippen molar-refractivity contribution in [2.24, 2.45) is 0 Å². The monoisotopic (exact) mass is 275 g/mol. The van der Waals surface area contributed by atoms with Crippen LogP contribution in [0, 0.1) is 18.8 Å². The Balaban J connectivity index is 0.000000829. The van der Waals surface area contributed by atoms with Gasteiger partial charge in [-0.3, -0.25) is 15.1 Å². The van der Waals surface area contributed by atoms with Gasteiger partial charge in [0.15, 0.2) is 6.04 Å². The summed E-state index contributed by atoms with van der Waals surface area (Å²) in [6, 6.07) is 2.30. The molecule has 3 amide bonds. The predicted molar refractivity (Wildman–Crippen MR) is 79.0 cm³/mol. The third-order valence-corrected chi connectivity index (χ3v) is 2.13. The Bertz CT molecular complexity index is 515. The first-order valence-corrected chi connectivity index (χ1v) is 6.71. The number of aromatic nitrogens is 1. The Morgan fingerprint density at radius 3 is 2.35 bits per heavy atom. The maximum Gasteiger partial charge on any atom is 0.322 e. The van der Waals surface area contributed by atoms with E-state index in [0.29, 0.717) is 0 Å². The van der Waals surface area contributed by atoms with Crippen LogP contribution >= 0.6 is 0 Å². The molecule has 1 aliphatic rings. The van der Waals surface area contributed by atoms with Crippen molar-refractivity contribution in [2.75, 3.05) is 0 Å². The molecule has 1 atom stereocenters. The number of nitrogens with zero attached hydrogens (tertiary/aromatic N) is 1. The zero-order valence-corrected chi connectivity index (χ0v) is 12.6. The van der Waals surface area contributed by atoms with Crippen LogP contribution in [0.2, 0.25) is 0 Å². The highest BCUT2D eigenvalue weighted by Crippen LogP contribution is 2.01. The van der Waals surface area contributed by atoms with Gasteiger partial charge >= 0.3 is 6.03 Å². The molecule has 0 aromatic carbocycles. The largest absolute Gasteiger partial charge is 0.322 e. The summed E-state index contributed by atoms with van der Waals surface area (Å²) >= 11 is 0. The van der Waals surface area contributed by atoms with E-state index in [1.165, 1.54) is 0 Å².